The lowest BCUT2D eigenvalue weighted by molar-refractivity contribution is 0.447. The molecule has 0 spiro atoms. The third-order valence-electron chi connectivity index (χ3n) is 4.39. The second-order valence-electron chi connectivity index (χ2n) is 5.79. The van der Waals surface area contributed by atoms with Crippen LogP contribution in [0.25, 0.3) is 0 Å². The number of anilines is 1. The van der Waals surface area contributed by atoms with E-state index in [2.05, 4.69) is 14.9 Å². The lowest BCUT2D eigenvalue weighted by Gasteiger charge is -2.34. The van der Waals surface area contributed by atoms with E-state index < -0.39 is 0 Å². The largest absolute Gasteiger partial charge is 0.356 e. The number of aromatic nitrogens is 2. The van der Waals surface area contributed by atoms with Crippen LogP contribution in [0, 0.1) is 5.92 Å². The van der Waals surface area contributed by atoms with Gasteiger partial charge in [-0.25, -0.2) is 9.97 Å². The second-order valence-corrected chi connectivity index (χ2v) is 6.10. The number of rotatable bonds is 2. The van der Waals surface area contributed by atoms with Crippen LogP contribution in [0.3, 0.4) is 0 Å². The van der Waals surface area contributed by atoms with Crippen LogP contribution in [0.15, 0.2) is 6.33 Å². The zero-order valence-corrected chi connectivity index (χ0v) is 12.2. The lowest BCUT2D eigenvalue weighted by atomic mass is 9.99. The molecule has 0 amide bonds. The number of hydrogen-bond acceptors (Lipinski definition) is 3. The van der Waals surface area contributed by atoms with Gasteiger partial charge in [-0.15, -0.1) is 11.6 Å². The molecule has 1 aliphatic heterocycles. The number of aryl methyl sites for hydroxylation is 1. The fraction of sp³-hybridized carbons (Fsp3) is 0.733. The van der Waals surface area contributed by atoms with Crippen LogP contribution in [0.5, 0.6) is 0 Å². The standard InChI is InChI=1S/C15H22ClN3/c16-9-12-5-4-8-19(10-12)15-13-6-2-1-3-7-14(13)17-11-18-15/h11-12H,1-10H2. The van der Waals surface area contributed by atoms with Gasteiger partial charge in [0.1, 0.15) is 12.1 Å². The van der Waals surface area contributed by atoms with E-state index in [4.69, 9.17) is 11.6 Å². The molecule has 1 atom stereocenters. The first-order valence-electron chi connectivity index (χ1n) is 7.52. The van der Waals surface area contributed by atoms with E-state index in [9.17, 15) is 0 Å². The smallest absolute Gasteiger partial charge is 0.135 e. The maximum Gasteiger partial charge on any atom is 0.135 e. The predicted octanol–water partition coefficient (Wildman–Crippen LogP) is 3.20. The van der Waals surface area contributed by atoms with Crippen LogP contribution in [0.1, 0.15) is 43.4 Å². The van der Waals surface area contributed by atoms with Gasteiger partial charge < -0.3 is 4.90 Å². The molecule has 1 fully saturated rings. The topological polar surface area (TPSA) is 29.0 Å². The Hall–Kier alpha value is -0.830. The molecule has 1 unspecified atom stereocenters. The van der Waals surface area contributed by atoms with Gasteiger partial charge in [-0.05, 0) is 44.4 Å². The highest BCUT2D eigenvalue weighted by Gasteiger charge is 2.24. The molecule has 104 valence electrons. The monoisotopic (exact) mass is 279 g/mol. The number of halogens is 1. The molecule has 2 aliphatic rings. The summed E-state index contributed by atoms with van der Waals surface area (Å²) in [4.78, 5) is 11.6. The number of alkyl halides is 1. The van der Waals surface area contributed by atoms with Crippen LogP contribution in [-0.4, -0.2) is 28.9 Å². The van der Waals surface area contributed by atoms with Crippen molar-refractivity contribution < 1.29 is 0 Å². The van der Waals surface area contributed by atoms with E-state index in [-0.39, 0.29) is 0 Å². The van der Waals surface area contributed by atoms with Gasteiger partial charge in [0.2, 0.25) is 0 Å². The minimum Gasteiger partial charge on any atom is -0.356 e. The molecule has 4 heteroatoms. The summed E-state index contributed by atoms with van der Waals surface area (Å²) in [5.74, 6) is 2.58. The van der Waals surface area contributed by atoms with Gasteiger partial charge in [-0.1, -0.05) is 6.42 Å². The maximum atomic E-state index is 6.04. The lowest BCUT2D eigenvalue weighted by Crippen LogP contribution is -2.37. The van der Waals surface area contributed by atoms with Gasteiger partial charge in [-0.2, -0.15) is 0 Å². The summed E-state index contributed by atoms with van der Waals surface area (Å²) in [6.07, 6.45) is 10.4. The van der Waals surface area contributed by atoms with Crippen molar-refractivity contribution in [3.63, 3.8) is 0 Å². The Labute approximate surface area is 120 Å². The van der Waals surface area contributed by atoms with Gasteiger partial charge in [0.05, 0.1) is 0 Å². The van der Waals surface area contributed by atoms with Gasteiger partial charge in [0.25, 0.3) is 0 Å². The molecule has 19 heavy (non-hydrogen) atoms. The zero-order valence-electron chi connectivity index (χ0n) is 11.4. The predicted molar refractivity (Wildman–Crippen MR) is 78.9 cm³/mol. The molecule has 0 aromatic carbocycles. The van der Waals surface area contributed by atoms with Crippen LogP contribution in [0.2, 0.25) is 0 Å². The average Bonchev–Trinajstić information content (AvgIpc) is 2.72. The molecule has 1 aromatic heterocycles. The van der Waals surface area contributed by atoms with Crippen molar-refractivity contribution in [1.82, 2.24) is 9.97 Å². The zero-order chi connectivity index (χ0) is 13.1. The number of nitrogens with zero attached hydrogens (tertiary/aromatic N) is 3. The highest BCUT2D eigenvalue weighted by Crippen LogP contribution is 2.29. The molecule has 1 aliphatic carbocycles. The van der Waals surface area contributed by atoms with E-state index in [1.165, 1.54) is 49.2 Å². The van der Waals surface area contributed by atoms with E-state index >= 15 is 0 Å². The molecule has 1 aromatic rings. The van der Waals surface area contributed by atoms with Gasteiger partial charge in [0.15, 0.2) is 0 Å². The van der Waals surface area contributed by atoms with Crippen molar-refractivity contribution in [1.29, 1.82) is 0 Å². The molecule has 0 N–H and O–H groups in total. The third kappa shape index (κ3) is 2.86. The summed E-state index contributed by atoms with van der Waals surface area (Å²) >= 11 is 6.04. The van der Waals surface area contributed by atoms with Crippen molar-refractivity contribution in [2.24, 2.45) is 5.92 Å². The van der Waals surface area contributed by atoms with Crippen molar-refractivity contribution in [3.05, 3.63) is 17.6 Å². The molecular weight excluding hydrogens is 258 g/mol. The van der Waals surface area contributed by atoms with E-state index in [0.29, 0.717) is 5.92 Å². The van der Waals surface area contributed by atoms with Crippen LogP contribution >= 0.6 is 11.6 Å². The summed E-state index contributed by atoms with van der Waals surface area (Å²) in [6, 6.07) is 0. The van der Waals surface area contributed by atoms with Crippen LogP contribution < -0.4 is 4.90 Å². The van der Waals surface area contributed by atoms with Crippen molar-refractivity contribution in [2.75, 3.05) is 23.9 Å². The second kappa shape index (κ2) is 6.08. The molecule has 3 rings (SSSR count). The van der Waals surface area contributed by atoms with E-state index in [1.54, 1.807) is 6.33 Å². The molecule has 2 heterocycles. The van der Waals surface area contributed by atoms with Gasteiger partial charge in [0, 0.05) is 30.2 Å². The third-order valence-corrected chi connectivity index (χ3v) is 4.83. The number of fused-ring (bicyclic) bond motifs is 1. The Balaban J connectivity index is 1.87. The average molecular weight is 280 g/mol. The SMILES string of the molecule is ClCC1CCCN(c2ncnc3c2CCCCC3)C1. The molecular formula is C15H22ClN3. The first-order valence-corrected chi connectivity index (χ1v) is 8.05. The van der Waals surface area contributed by atoms with Crippen molar-refractivity contribution >= 4 is 17.4 Å². The normalized spacial score (nSPS) is 23.8. The highest BCUT2D eigenvalue weighted by atomic mass is 35.5. The Morgan fingerprint density at radius 1 is 1.16 bits per heavy atom. The summed E-state index contributed by atoms with van der Waals surface area (Å²) in [5, 5.41) is 0. The fourth-order valence-electron chi connectivity index (χ4n) is 3.34. The van der Waals surface area contributed by atoms with Crippen molar-refractivity contribution in [2.45, 2.75) is 44.9 Å². The molecule has 0 bridgehead atoms. The summed E-state index contributed by atoms with van der Waals surface area (Å²) in [7, 11) is 0. The van der Waals surface area contributed by atoms with E-state index in [1.807, 2.05) is 0 Å². The van der Waals surface area contributed by atoms with Gasteiger partial charge in [-0.3, -0.25) is 0 Å². The summed E-state index contributed by atoms with van der Waals surface area (Å²) < 4.78 is 0. The quantitative estimate of drug-likeness (QED) is 0.615. The highest BCUT2D eigenvalue weighted by molar-refractivity contribution is 6.18. The van der Waals surface area contributed by atoms with Crippen LogP contribution in [0.4, 0.5) is 5.82 Å². The summed E-state index contributed by atoms with van der Waals surface area (Å²) in [5.41, 5.74) is 2.70. The Bertz CT molecular complexity index is 435. The Morgan fingerprint density at radius 2 is 2.05 bits per heavy atom. The first-order chi connectivity index (χ1) is 9.38. The molecule has 3 nitrogen and oxygen atoms in total. The fourth-order valence-corrected chi connectivity index (χ4v) is 3.59. The maximum absolute atomic E-state index is 6.04. The van der Waals surface area contributed by atoms with Crippen molar-refractivity contribution in [3.8, 4) is 0 Å². The number of hydrogen-bond donors (Lipinski definition) is 0. The first kappa shape index (κ1) is 13.2. The summed E-state index contributed by atoms with van der Waals surface area (Å²) in [6.45, 7) is 2.18. The molecule has 0 saturated carbocycles. The van der Waals surface area contributed by atoms with Crippen LogP contribution in [-0.2, 0) is 12.8 Å². The Morgan fingerprint density at radius 3 is 2.95 bits per heavy atom. The Kier molecular flexibility index (Phi) is 4.21. The van der Waals surface area contributed by atoms with E-state index in [0.717, 1.165) is 31.8 Å². The number of piperidine rings is 1. The molecule has 0 radical (unpaired) electrons. The minimum atomic E-state index is 0.617. The molecule has 1 saturated heterocycles. The minimum absolute atomic E-state index is 0.617. The van der Waals surface area contributed by atoms with Gasteiger partial charge >= 0.3 is 0 Å².